The molecule has 31 heavy (non-hydrogen) atoms. The Labute approximate surface area is 179 Å². The van der Waals surface area contributed by atoms with E-state index >= 15 is 0 Å². The summed E-state index contributed by atoms with van der Waals surface area (Å²) in [7, 11) is 0. The molecule has 4 rings (SSSR count). The average molecular weight is 418 g/mol. The molecule has 1 aromatic heterocycles. The number of amides is 4. The smallest absolute Gasteiger partial charge is 0.325 e. The minimum atomic E-state index is -1.19. The molecular formula is C22H22N6O3. The molecule has 2 atom stereocenters. The number of benzene rings is 2. The molecule has 9 nitrogen and oxygen atoms in total. The molecule has 0 spiro atoms. The maximum atomic E-state index is 12.9. The quantitative estimate of drug-likeness (QED) is 0.595. The average Bonchev–Trinajstić information content (AvgIpc) is 3.38. The number of aromatic nitrogens is 3. The van der Waals surface area contributed by atoms with Crippen LogP contribution in [0.4, 0.5) is 4.79 Å². The number of nitrogens with one attached hydrogen (secondary N) is 2. The Bertz CT molecular complexity index is 1100. The van der Waals surface area contributed by atoms with E-state index in [-0.39, 0.29) is 12.6 Å². The fourth-order valence-corrected chi connectivity index (χ4v) is 3.58. The van der Waals surface area contributed by atoms with Crippen LogP contribution in [0.5, 0.6) is 0 Å². The Kier molecular flexibility index (Phi) is 5.24. The highest BCUT2D eigenvalue weighted by atomic mass is 16.2. The number of nitrogens with zero attached hydrogens (tertiary/aromatic N) is 4. The zero-order valence-corrected chi connectivity index (χ0v) is 17.1. The van der Waals surface area contributed by atoms with E-state index < -0.39 is 23.4 Å². The van der Waals surface area contributed by atoms with Crippen molar-refractivity contribution in [3.05, 3.63) is 78.4 Å². The van der Waals surface area contributed by atoms with Crippen LogP contribution < -0.4 is 10.6 Å². The van der Waals surface area contributed by atoms with E-state index in [4.69, 9.17) is 0 Å². The van der Waals surface area contributed by atoms with Crippen molar-refractivity contribution in [1.29, 1.82) is 0 Å². The van der Waals surface area contributed by atoms with Gasteiger partial charge in [-0.1, -0.05) is 42.5 Å². The zero-order chi connectivity index (χ0) is 22.0. The Balaban J connectivity index is 1.40. The van der Waals surface area contributed by atoms with Gasteiger partial charge in [0.2, 0.25) is 5.91 Å². The molecule has 0 radical (unpaired) electrons. The van der Waals surface area contributed by atoms with Crippen molar-refractivity contribution in [1.82, 2.24) is 30.3 Å². The van der Waals surface area contributed by atoms with Crippen LogP contribution in [0, 0.1) is 0 Å². The van der Waals surface area contributed by atoms with Crippen LogP contribution in [-0.2, 0) is 15.1 Å². The van der Waals surface area contributed by atoms with E-state index in [1.807, 2.05) is 37.3 Å². The lowest BCUT2D eigenvalue weighted by atomic mass is 9.92. The van der Waals surface area contributed by atoms with E-state index in [1.54, 1.807) is 42.2 Å². The normalized spacial score (nSPS) is 19.2. The van der Waals surface area contributed by atoms with Crippen molar-refractivity contribution in [2.75, 3.05) is 6.54 Å². The lowest BCUT2D eigenvalue weighted by molar-refractivity contribution is -0.135. The molecule has 158 valence electrons. The summed E-state index contributed by atoms with van der Waals surface area (Å²) in [6, 6.07) is 15.6. The highest BCUT2D eigenvalue weighted by molar-refractivity contribution is 6.09. The van der Waals surface area contributed by atoms with Gasteiger partial charge in [0.15, 0.2) is 0 Å². The Hall–Kier alpha value is -4.01. The van der Waals surface area contributed by atoms with Crippen LogP contribution in [0.15, 0.2) is 67.3 Å². The molecule has 2 heterocycles. The van der Waals surface area contributed by atoms with Gasteiger partial charge in [0.1, 0.15) is 24.7 Å². The van der Waals surface area contributed by atoms with Crippen LogP contribution in [-0.4, -0.2) is 44.1 Å². The zero-order valence-electron chi connectivity index (χ0n) is 17.1. The third-order valence-electron chi connectivity index (χ3n) is 5.38. The van der Waals surface area contributed by atoms with Crippen molar-refractivity contribution >= 4 is 17.8 Å². The fraction of sp³-hybridized carbons (Fsp3) is 0.227. The number of rotatable bonds is 6. The predicted octanol–water partition coefficient (Wildman–Crippen LogP) is 1.91. The van der Waals surface area contributed by atoms with Gasteiger partial charge in [0.25, 0.3) is 5.91 Å². The number of carbonyl (C=O) groups excluding carboxylic acids is 3. The van der Waals surface area contributed by atoms with Gasteiger partial charge >= 0.3 is 6.03 Å². The molecular weight excluding hydrogens is 396 g/mol. The summed E-state index contributed by atoms with van der Waals surface area (Å²) in [5.74, 6) is -0.877. The molecule has 3 aromatic rings. The van der Waals surface area contributed by atoms with Crippen molar-refractivity contribution in [2.24, 2.45) is 0 Å². The van der Waals surface area contributed by atoms with Crippen molar-refractivity contribution in [3.8, 4) is 5.69 Å². The summed E-state index contributed by atoms with van der Waals surface area (Å²) < 4.78 is 1.63. The van der Waals surface area contributed by atoms with Gasteiger partial charge in [-0.05, 0) is 37.1 Å². The highest BCUT2D eigenvalue weighted by Crippen LogP contribution is 2.28. The molecule has 0 saturated carbocycles. The summed E-state index contributed by atoms with van der Waals surface area (Å²) in [5, 5.41) is 9.61. The number of hydrogen-bond acceptors (Lipinski definition) is 5. The standard InChI is InChI=1S/C22H22N6O3/c1-15(16-8-10-18(11-9-16)28-14-23-13-24-28)25-19(29)12-27-20(30)22(2,26-21(27)31)17-6-4-3-5-7-17/h3-11,13-15H,12H2,1-2H3,(H,25,29)(H,26,31)/t15-,22-/m0/s1. The van der Waals surface area contributed by atoms with E-state index in [0.29, 0.717) is 5.56 Å². The third-order valence-corrected chi connectivity index (χ3v) is 5.38. The molecule has 1 saturated heterocycles. The SMILES string of the molecule is C[C@H](NC(=O)CN1C(=O)N[C@@](C)(c2ccccc2)C1=O)c1ccc(-n2cncn2)cc1. The number of urea groups is 1. The second-order valence-corrected chi connectivity index (χ2v) is 7.53. The van der Waals surface area contributed by atoms with E-state index in [2.05, 4.69) is 20.7 Å². The predicted molar refractivity (Wildman–Crippen MR) is 112 cm³/mol. The Morgan fingerprint density at radius 3 is 2.48 bits per heavy atom. The van der Waals surface area contributed by atoms with E-state index in [1.165, 1.54) is 6.33 Å². The minimum Gasteiger partial charge on any atom is -0.348 e. The molecule has 1 fully saturated rings. The molecule has 1 aliphatic rings. The molecule has 2 N–H and O–H groups in total. The second kappa shape index (κ2) is 8.02. The van der Waals surface area contributed by atoms with Gasteiger partial charge in [-0.2, -0.15) is 5.10 Å². The van der Waals surface area contributed by atoms with Gasteiger partial charge in [0.05, 0.1) is 11.7 Å². The van der Waals surface area contributed by atoms with Crippen LogP contribution in [0.25, 0.3) is 5.69 Å². The molecule has 2 aromatic carbocycles. The van der Waals surface area contributed by atoms with Crippen LogP contribution in [0.2, 0.25) is 0 Å². The first-order valence-corrected chi connectivity index (χ1v) is 9.82. The number of hydrogen-bond donors (Lipinski definition) is 2. The summed E-state index contributed by atoms with van der Waals surface area (Å²) >= 11 is 0. The van der Waals surface area contributed by atoms with Crippen molar-refractivity contribution in [2.45, 2.75) is 25.4 Å². The van der Waals surface area contributed by atoms with Crippen LogP contribution >= 0.6 is 0 Å². The molecule has 0 bridgehead atoms. The largest absolute Gasteiger partial charge is 0.348 e. The molecule has 0 unspecified atom stereocenters. The molecule has 0 aliphatic carbocycles. The van der Waals surface area contributed by atoms with E-state index in [0.717, 1.165) is 16.2 Å². The molecule has 4 amide bonds. The highest BCUT2D eigenvalue weighted by Gasteiger charge is 2.49. The maximum Gasteiger partial charge on any atom is 0.325 e. The lowest BCUT2D eigenvalue weighted by Gasteiger charge is -2.22. The Morgan fingerprint density at radius 2 is 1.84 bits per heavy atom. The monoisotopic (exact) mass is 418 g/mol. The maximum absolute atomic E-state index is 12.9. The fourth-order valence-electron chi connectivity index (χ4n) is 3.58. The summed E-state index contributed by atoms with van der Waals surface area (Å²) in [4.78, 5) is 42.8. The summed E-state index contributed by atoms with van der Waals surface area (Å²) in [6.07, 6.45) is 3.05. The Morgan fingerprint density at radius 1 is 1.13 bits per heavy atom. The van der Waals surface area contributed by atoms with Crippen molar-refractivity contribution in [3.63, 3.8) is 0 Å². The van der Waals surface area contributed by atoms with Crippen LogP contribution in [0.1, 0.15) is 31.0 Å². The minimum absolute atomic E-state index is 0.307. The van der Waals surface area contributed by atoms with Gasteiger partial charge in [-0.3, -0.25) is 14.5 Å². The first kappa shape index (κ1) is 20.3. The lowest BCUT2D eigenvalue weighted by Crippen LogP contribution is -2.43. The van der Waals surface area contributed by atoms with E-state index in [9.17, 15) is 14.4 Å². The van der Waals surface area contributed by atoms with Crippen LogP contribution in [0.3, 0.4) is 0 Å². The van der Waals surface area contributed by atoms with Gasteiger partial charge in [-0.25, -0.2) is 14.5 Å². The molecule has 1 aliphatic heterocycles. The summed E-state index contributed by atoms with van der Waals surface area (Å²) in [6.45, 7) is 3.12. The second-order valence-electron chi connectivity index (χ2n) is 7.53. The topological polar surface area (TPSA) is 109 Å². The summed E-state index contributed by atoms with van der Waals surface area (Å²) in [5.41, 5.74) is 1.20. The third kappa shape index (κ3) is 3.89. The number of carbonyl (C=O) groups is 3. The number of imide groups is 1. The first-order chi connectivity index (χ1) is 14.9. The molecule has 9 heteroatoms. The van der Waals surface area contributed by atoms with Gasteiger partial charge in [-0.15, -0.1) is 0 Å². The van der Waals surface area contributed by atoms with Crippen molar-refractivity contribution < 1.29 is 14.4 Å². The first-order valence-electron chi connectivity index (χ1n) is 9.82. The van der Waals surface area contributed by atoms with Gasteiger partial charge < -0.3 is 10.6 Å². The van der Waals surface area contributed by atoms with Gasteiger partial charge in [0, 0.05) is 0 Å².